The molecule has 0 amide bonds. The highest BCUT2D eigenvalue weighted by Crippen LogP contribution is 2.22. The van der Waals surface area contributed by atoms with Crippen LogP contribution in [0.4, 0.5) is 8.78 Å². The number of hydrogen-bond acceptors (Lipinski definition) is 2. The van der Waals surface area contributed by atoms with Gasteiger partial charge in [0.15, 0.2) is 0 Å². The molecule has 94 valence electrons. The first kappa shape index (κ1) is 12.7. The molecular formula is C11H7BrF2N2O2. The molecule has 7 heteroatoms. The van der Waals surface area contributed by atoms with Crippen LogP contribution in [0.2, 0.25) is 0 Å². The van der Waals surface area contributed by atoms with Crippen LogP contribution >= 0.6 is 15.9 Å². The molecule has 1 N–H and O–H groups in total. The zero-order chi connectivity index (χ0) is 13.3. The molecule has 4 nitrogen and oxygen atoms in total. The molecule has 0 fully saturated rings. The first-order valence-corrected chi connectivity index (χ1v) is 5.67. The van der Waals surface area contributed by atoms with Gasteiger partial charge in [0.25, 0.3) is 0 Å². The fraction of sp³-hybridized carbons (Fsp3) is 0.0909. The van der Waals surface area contributed by atoms with E-state index >= 15 is 0 Å². The number of hydrogen-bond donors (Lipinski definition) is 1. The molecule has 18 heavy (non-hydrogen) atoms. The number of benzene rings is 1. The Hall–Kier alpha value is -1.76. The molecule has 0 radical (unpaired) electrons. The van der Waals surface area contributed by atoms with Crippen molar-refractivity contribution in [2.75, 3.05) is 0 Å². The summed E-state index contributed by atoms with van der Waals surface area (Å²) >= 11 is 2.94. The Morgan fingerprint density at radius 3 is 2.78 bits per heavy atom. The Morgan fingerprint density at radius 1 is 1.39 bits per heavy atom. The Morgan fingerprint density at radius 2 is 2.11 bits per heavy atom. The lowest BCUT2D eigenvalue weighted by Gasteiger charge is -2.08. The molecule has 0 saturated heterocycles. The molecule has 0 bridgehead atoms. The van der Waals surface area contributed by atoms with Crippen LogP contribution in [0.25, 0.3) is 0 Å². The van der Waals surface area contributed by atoms with E-state index in [0.717, 1.165) is 10.7 Å². The lowest BCUT2D eigenvalue weighted by molar-refractivity contribution is 0.0683. The van der Waals surface area contributed by atoms with Gasteiger partial charge >= 0.3 is 5.97 Å². The van der Waals surface area contributed by atoms with Crippen molar-refractivity contribution in [2.24, 2.45) is 0 Å². The van der Waals surface area contributed by atoms with Gasteiger partial charge in [-0.25, -0.2) is 13.6 Å². The van der Waals surface area contributed by atoms with E-state index in [9.17, 15) is 13.6 Å². The third kappa shape index (κ3) is 2.26. The Balaban J connectivity index is 2.43. The van der Waals surface area contributed by atoms with E-state index in [-0.39, 0.29) is 22.3 Å². The lowest BCUT2D eigenvalue weighted by atomic mass is 10.2. The van der Waals surface area contributed by atoms with Gasteiger partial charge in [0, 0.05) is 11.8 Å². The van der Waals surface area contributed by atoms with E-state index in [1.54, 1.807) is 0 Å². The van der Waals surface area contributed by atoms with Crippen molar-refractivity contribution in [3.8, 4) is 0 Å². The quantitative estimate of drug-likeness (QED) is 0.886. The summed E-state index contributed by atoms with van der Waals surface area (Å²) in [6.07, 6.45) is 1.26. The second-order valence-electron chi connectivity index (χ2n) is 3.50. The monoisotopic (exact) mass is 316 g/mol. The highest BCUT2D eigenvalue weighted by Gasteiger charge is 2.16. The minimum atomic E-state index is -1.21. The number of aromatic carboxylic acids is 1. The van der Waals surface area contributed by atoms with Crippen LogP contribution in [0.3, 0.4) is 0 Å². The zero-order valence-electron chi connectivity index (χ0n) is 8.90. The summed E-state index contributed by atoms with van der Waals surface area (Å²) < 4.78 is 28.4. The van der Waals surface area contributed by atoms with Crippen molar-refractivity contribution >= 4 is 21.9 Å². The van der Waals surface area contributed by atoms with Crippen LogP contribution in [0, 0.1) is 11.6 Å². The predicted molar refractivity (Wildman–Crippen MR) is 62.3 cm³/mol. The summed E-state index contributed by atoms with van der Waals surface area (Å²) in [5, 5.41) is 12.6. The molecule has 2 aromatic rings. The maximum Gasteiger partial charge on any atom is 0.354 e. The molecule has 0 aliphatic heterocycles. The zero-order valence-corrected chi connectivity index (χ0v) is 10.5. The van der Waals surface area contributed by atoms with Crippen LogP contribution in [0.5, 0.6) is 0 Å². The summed E-state index contributed by atoms with van der Waals surface area (Å²) in [5.74, 6) is -2.72. The lowest BCUT2D eigenvalue weighted by Crippen LogP contribution is -2.13. The second kappa shape index (κ2) is 4.85. The van der Waals surface area contributed by atoms with Gasteiger partial charge in [-0.2, -0.15) is 5.10 Å². The largest absolute Gasteiger partial charge is 0.477 e. The topological polar surface area (TPSA) is 55.1 Å². The van der Waals surface area contributed by atoms with Crippen molar-refractivity contribution in [1.82, 2.24) is 9.78 Å². The van der Waals surface area contributed by atoms with E-state index < -0.39 is 17.6 Å². The third-order valence-corrected chi connectivity index (χ3v) is 2.99. The van der Waals surface area contributed by atoms with Crippen molar-refractivity contribution in [1.29, 1.82) is 0 Å². The standard InChI is InChI=1S/C11H7BrF2N2O2/c12-7-1-2-8(13)6(10(7)14)5-16-9(11(17)18)3-4-15-16/h1-4H,5H2,(H,17,18). The van der Waals surface area contributed by atoms with Gasteiger partial charge in [-0.15, -0.1) is 0 Å². The molecule has 1 heterocycles. The summed E-state index contributed by atoms with van der Waals surface area (Å²) in [6.45, 7) is -0.286. The van der Waals surface area contributed by atoms with Crippen LogP contribution in [-0.4, -0.2) is 20.9 Å². The molecule has 0 atom stereocenters. The summed E-state index contributed by atoms with van der Waals surface area (Å²) in [5.41, 5.74) is -0.371. The minimum Gasteiger partial charge on any atom is -0.477 e. The molecule has 0 aliphatic carbocycles. The number of aromatic nitrogens is 2. The minimum absolute atomic E-state index is 0.114. The molecule has 0 saturated carbocycles. The molecule has 0 spiro atoms. The fourth-order valence-electron chi connectivity index (χ4n) is 1.50. The molecule has 0 aliphatic rings. The van der Waals surface area contributed by atoms with Gasteiger partial charge in [-0.05, 0) is 34.1 Å². The van der Waals surface area contributed by atoms with Crippen LogP contribution in [0.15, 0.2) is 28.9 Å². The SMILES string of the molecule is O=C(O)c1ccnn1Cc1c(F)ccc(Br)c1F. The van der Waals surface area contributed by atoms with Gasteiger partial charge in [0.05, 0.1) is 11.0 Å². The van der Waals surface area contributed by atoms with Crippen LogP contribution in [0.1, 0.15) is 16.1 Å². The summed E-state index contributed by atoms with van der Waals surface area (Å²) in [6, 6.07) is 3.61. The Labute approximate surface area is 109 Å². The van der Waals surface area contributed by atoms with E-state index in [0.29, 0.717) is 0 Å². The number of halogens is 3. The van der Waals surface area contributed by atoms with Crippen molar-refractivity contribution in [2.45, 2.75) is 6.54 Å². The first-order chi connectivity index (χ1) is 8.50. The van der Waals surface area contributed by atoms with Crippen molar-refractivity contribution < 1.29 is 18.7 Å². The third-order valence-electron chi connectivity index (χ3n) is 2.38. The average molecular weight is 317 g/mol. The number of carboxylic acid groups (broad SMARTS) is 1. The summed E-state index contributed by atoms with van der Waals surface area (Å²) in [7, 11) is 0. The van der Waals surface area contributed by atoms with Crippen molar-refractivity contribution in [3.05, 3.63) is 51.8 Å². The van der Waals surface area contributed by atoms with Crippen molar-refractivity contribution in [3.63, 3.8) is 0 Å². The molecule has 1 aromatic carbocycles. The maximum absolute atomic E-state index is 13.7. The second-order valence-corrected chi connectivity index (χ2v) is 4.36. The predicted octanol–water partition coefficient (Wildman–Crippen LogP) is 2.67. The number of nitrogens with zero attached hydrogens (tertiary/aromatic N) is 2. The number of carbonyl (C=O) groups is 1. The molecule has 0 unspecified atom stereocenters. The van der Waals surface area contributed by atoms with E-state index in [2.05, 4.69) is 21.0 Å². The fourth-order valence-corrected chi connectivity index (χ4v) is 1.88. The maximum atomic E-state index is 13.7. The van der Waals surface area contributed by atoms with E-state index in [1.165, 1.54) is 18.3 Å². The van der Waals surface area contributed by atoms with Gasteiger partial charge in [0.2, 0.25) is 0 Å². The number of carboxylic acids is 1. The van der Waals surface area contributed by atoms with Gasteiger partial charge in [-0.3, -0.25) is 4.68 Å². The highest BCUT2D eigenvalue weighted by molar-refractivity contribution is 9.10. The number of rotatable bonds is 3. The normalized spacial score (nSPS) is 10.6. The smallest absolute Gasteiger partial charge is 0.354 e. The van der Waals surface area contributed by atoms with E-state index in [4.69, 9.17) is 5.11 Å². The summed E-state index contributed by atoms with van der Waals surface area (Å²) in [4.78, 5) is 10.9. The Kier molecular flexibility index (Phi) is 3.42. The first-order valence-electron chi connectivity index (χ1n) is 4.88. The molecular weight excluding hydrogens is 310 g/mol. The highest BCUT2D eigenvalue weighted by atomic mass is 79.9. The van der Waals surface area contributed by atoms with Gasteiger partial charge < -0.3 is 5.11 Å². The van der Waals surface area contributed by atoms with Crippen LogP contribution < -0.4 is 0 Å². The van der Waals surface area contributed by atoms with Gasteiger partial charge in [-0.1, -0.05) is 0 Å². The van der Waals surface area contributed by atoms with E-state index in [1.807, 2.05) is 0 Å². The van der Waals surface area contributed by atoms with Gasteiger partial charge in [0.1, 0.15) is 17.3 Å². The molecule has 2 rings (SSSR count). The average Bonchev–Trinajstić information content (AvgIpc) is 2.78. The Bertz CT molecular complexity index is 613. The van der Waals surface area contributed by atoms with Crippen LogP contribution in [-0.2, 0) is 6.54 Å². The molecule has 1 aromatic heterocycles.